The molecule has 1 atom stereocenters. The van der Waals surface area contributed by atoms with Crippen LogP contribution in [0.1, 0.15) is 37.1 Å². The number of hydrogen-bond donors (Lipinski definition) is 2. The van der Waals surface area contributed by atoms with Crippen LogP contribution in [0.5, 0.6) is 0 Å². The lowest BCUT2D eigenvalue weighted by Gasteiger charge is -2.36. The minimum atomic E-state index is -0.0720. The Morgan fingerprint density at radius 2 is 2.17 bits per heavy atom. The fraction of sp³-hybridized carbons (Fsp3) is 0.556. The van der Waals surface area contributed by atoms with Crippen molar-refractivity contribution in [3.63, 3.8) is 0 Å². The second-order valence-corrected chi connectivity index (χ2v) is 6.66. The molecule has 1 aliphatic rings. The summed E-state index contributed by atoms with van der Waals surface area (Å²) in [6.45, 7) is 6.63. The van der Waals surface area contributed by atoms with E-state index in [4.69, 9.17) is 4.74 Å². The highest BCUT2D eigenvalue weighted by molar-refractivity contribution is 5.29. The predicted octanol–water partition coefficient (Wildman–Crippen LogP) is 2.02. The van der Waals surface area contributed by atoms with Crippen molar-refractivity contribution in [1.82, 2.24) is 20.1 Å². The van der Waals surface area contributed by atoms with Gasteiger partial charge in [-0.05, 0) is 38.8 Å². The molecule has 6 nitrogen and oxygen atoms in total. The number of ether oxygens (including phenoxy) is 1. The average Bonchev–Trinajstić information content (AvgIpc) is 3.03. The van der Waals surface area contributed by atoms with Crippen molar-refractivity contribution < 1.29 is 9.84 Å². The third-order valence-electron chi connectivity index (χ3n) is 5.05. The van der Waals surface area contributed by atoms with Gasteiger partial charge in [-0.25, -0.2) is 9.67 Å². The summed E-state index contributed by atoms with van der Waals surface area (Å²) in [5.74, 6) is 0.824. The molecular weight excluding hydrogens is 304 g/mol. The average molecular weight is 330 g/mol. The van der Waals surface area contributed by atoms with Crippen LogP contribution in [-0.2, 0) is 4.74 Å². The molecule has 130 valence electrons. The van der Waals surface area contributed by atoms with Crippen LogP contribution >= 0.6 is 0 Å². The third kappa shape index (κ3) is 3.50. The SMILES string of the molecule is Cc1c(C(C)NCC2(CO)CCOCC2)cnn1-c1ccccn1. The molecule has 2 aromatic rings. The lowest BCUT2D eigenvalue weighted by atomic mass is 9.80. The number of pyridine rings is 1. The van der Waals surface area contributed by atoms with Crippen molar-refractivity contribution in [2.24, 2.45) is 5.41 Å². The van der Waals surface area contributed by atoms with E-state index >= 15 is 0 Å². The summed E-state index contributed by atoms with van der Waals surface area (Å²) >= 11 is 0. The molecule has 1 aliphatic heterocycles. The molecular formula is C18H26N4O2. The molecule has 1 unspecified atom stereocenters. The fourth-order valence-electron chi connectivity index (χ4n) is 3.23. The first-order chi connectivity index (χ1) is 11.7. The molecule has 3 heterocycles. The predicted molar refractivity (Wildman–Crippen MR) is 92.1 cm³/mol. The number of aliphatic hydroxyl groups is 1. The summed E-state index contributed by atoms with van der Waals surface area (Å²) in [6.07, 6.45) is 5.47. The maximum atomic E-state index is 9.81. The number of nitrogens with zero attached hydrogens (tertiary/aromatic N) is 3. The largest absolute Gasteiger partial charge is 0.396 e. The second kappa shape index (κ2) is 7.42. The molecule has 0 aromatic carbocycles. The van der Waals surface area contributed by atoms with Gasteiger partial charge >= 0.3 is 0 Å². The molecule has 3 rings (SSSR count). The first kappa shape index (κ1) is 17.1. The van der Waals surface area contributed by atoms with E-state index in [0.717, 1.165) is 49.7 Å². The van der Waals surface area contributed by atoms with Crippen molar-refractivity contribution >= 4 is 0 Å². The molecule has 2 aromatic heterocycles. The number of aromatic nitrogens is 3. The van der Waals surface area contributed by atoms with Gasteiger partial charge in [0.1, 0.15) is 0 Å². The minimum absolute atomic E-state index is 0.0720. The molecule has 0 bridgehead atoms. The first-order valence-corrected chi connectivity index (χ1v) is 8.53. The fourth-order valence-corrected chi connectivity index (χ4v) is 3.23. The van der Waals surface area contributed by atoms with E-state index in [9.17, 15) is 5.11 Å². The Bertz CT molecular complexity index is 650. The van der Waals surface area contributed by atoms with Gasteiger partial charge in [0, 0.05) is 48.7 Å². The number of aliphatic hydroxyl groups excluding tert-OH is 1. The smallest absolute Gasteiger partial charge is 0.153 e. The van der Waals surface area contributed by atoms with Crippen molar-refractivity contribution in [2.45, 2.75) is 32.7 Å². The normalized spacial score (nSPS) is 18.5. The second-order valence-electron chi connectivity index (χ2n) is 6.66. The molecule has 0 radical (unpaired) electrons. The van der Waals surface area contributed by atoms with Crippen LogP contribution in [0.4, 0.5) is 0 Å². The van der Waals surface area contributed by atoms with Gasteiger partial charge in [0.05, 0.1) is 12.8 Å². The highest BCUT2D eigenvalue weighted by Gasteiger charge is 2.32. The van der Waals surface area contributed by atoms with Crippen LogP contribution in [0.25, 0.3) is 5.82 Å². The van der Waals surface area contributed by atoms with Gasteiger partial charge in [0.25, 0.3) is 0 Å². The Morgan fingerprint density at radius 3 is 2.83 bits per heavy atom. The van der Waals surface area contributed by atoms with E-state index < -0.39 is 0 Å². The van der Waals surface area contributed by atoms with Crippen LogP contribution < -0.4 is 5.32 Å². The Balaban J connectivity index is 1.69. The molecule has 2 N–H and O–H groups in total. The summed E-state index contributed by atoms with van der Waals surface area (Å²) in [6, 6.07) is 5.97. The standard InChI is InChI=1S/C18H26N4O2/c1-14(20-12-18(13-23)6-9-24-10-7-18)16-11-21-22(15(16)2)17-5-3-4-8-19-17/h3-5,8,11,14,20,23H,6-7,9-10,12-13H2,1-2H3. The van der Waals surface area contributed by atoms with E-state index in [1.807, 2.05) is 29.1 Å². The van der Waals surface area contributed by atoms with E-state index in [-0.39, 0.29) is 18.1 Å². The van der Waals surface area contributed by atoms with Gasteiger partial charge in [-0.3, -0.25) is 0 Å². The van der Waals surface area contributed by atoms with Gasteiger partial charge in [-0.15, -0.1) is 0 Å². The minimum Gasteiger partial charge on any atom is -0.396 e. The highest BCUT2D eigenvalue weighted by Crippen LogP contribution is 2.30. The van der Waals surface area contributed by atoms with Crippen molar-refractivity contribution in [2.75, 3.05) is 26.4 Å². The Kier molecular flexibility index (Phi) is 5.28. The van der Waals surface area contributed by atoms with Gasteiger partial charge in [-0.2, -0.15) is 5.10 Å². The van der Waals surface area contributed by atoms with Crippen LogP contribution in [0.15, 0.2) is 30.6 Å². The molecule has 0 spiro atoms. The molecule has 1 saturated heterocycles. The molecule has 0 aliphatic carbocycles. The van der Waals surface area contributed by atoms with E-state index in [0.29, 0.717) is 0 Å². The van der Waals surface area contributed by atoms with Gasteiger partial charge in [0.15, 0.2) is 5.82 Å². The van der Waals surface area contributed by atoms with E-state index in [1.54, 1.807) is 6.20 Å². The quantitative estimate of drug-likeness (QED) is 0.848. The third-order valence-corrected chi connectivity index (χ3v) is 5.05. The van der Waals surface area contributed by atoms with Gasteiger partial charge < -0.3 is 15.2 Å². The number of rotatable bonds is 6. The van der Waals surface area contributed by atoms with Gasteiger partial charge in [-0.1, -0.05) is 6.07 Å². The van der Waals surface area contributed by atoms with Crippen LogP contribution in [-0.4, -0.2) is 46.2 Å². The monoisotopic (exact) mass is 330 g/mol. The molecule has 0 saturated carbocycles. The Morgan fingerprint density at radius 1 is 1.38 bits per heavy atom. The summed E-state index contributed by atoms with van der Waals surface area (Å²) in [7, 11) is 0. The van der Waals surface area contributed by atoms with Crippen molar-refractivity contribution in [3.8, 4) is 5.82 Å². The maximum Gasteiger partial charge on any atom is 0.153 e. The lowest BCUT2D eigenvalue weighted by Crippen LogP contribution is -2.42. The maximum absolute atomic E-state index is 9.81. The summed E-state index contributed by atoms with van der Waals surface area (Å²) in [5.41, 5.74) is 2.16. The van der Waals surface area contributed by atoms with Crippen LogP contribution in [0, 0.1) is 12.3 Å². The molecule has 24 heavy (non-hydrogen) atoms. The van der Waals surface area contributed by atoms with E-state index in [2.05, 4.69) is 29.2 Å². The summed E-state index contributed by atoms with van der Waals surface area (Å²) < 4.78 is 7.30. The Hall–Kier alpha value is -1.76. The zero-order chi connectivity index (χ0) is 17.0. The number of hydrogen-bond acceptors (Lipinski definition) is 5. The zero-order valence-electron chi connectivity index (χ0n) is 14.4. The zero-order valence-corrected chi connectivity index (χ0v) is 14.4. The molecule has 1 fully saturated rings. The molecule has 0 amide bonds. The highest BCUT2D eigenvalue weighted by atomic mass is 16.5. The Labute approximate surface area is 142 Å². The first-order valence-electron chi connectivity index (χ1n) is 8.53. The van der Waals surface area contributed by atoms with Crippen LogP contribution in [0.3, 0.4) is 0 Å². The van der Waals surface area contributed by atoms with Crippen molar-refractivity contribution in [1.29, 1.82) is 0 Å². The summed E-state index contributed by atoms with van der Waals surface area (Å²) in [5, 5.41) is 17.9. The van der Waals surface area contributed by atoms with Gasteiger partial charge in [0.2, 0.25) is 0 Å². The molecule has 6 heteroatoms. The summed E-state index contributed by atoms with van der Waals surface area (Å²) in [4.78, 5) is 4.36. The van der Waals surface area contributed by atoms with Crippen LogP contribution in [0.2, 0.25) is 0 Å². The van der Waals surface area contributed by atoms with E-state index in [1.165, 1.54) is 0 Å². The van der Waals surface area contributed by atoms with Crippen molar-refractivity contribution in [3.05, 3.63) is 41.9 Å². The number of nitrogens with one attached hydrogen (secondary N) is 1. The lowest BCUT2D eigenvalue weighted by molar-refractivity contribution is -0.0163. The topological polar surface area (TPSA) is 72.2 Å².